The molecule has 16 heavy (non-hydrogen) atoms. The number of aliphatic carboxylic acids is 1. The van der Waals surface area contributed by atoms with Crippen LogP contribution >= 0.6 is 0 Å². The van der Waals surface area contributed by atoms with Crippen molar-refractivity contribution in [3.63, 3.8) is 0 Å². The van der Waals surface area contributed by atoms with E-state index >= 15 is 0 Å². The van der Waals surface area contributed by atoms with Gasteiger partial charge in [0, 0.05) is 13.5 Å². The minimum atomic E-state index is -1.02. The third-order valence-corrected chi connectivity index (χ3v) is 3.33. The number of carbonyl (C=O) groups is 3. The summed E-state index contributed by atoms with van der Waals surface area (Å²) in [7, 11) is 0. The van der Waals surface area contributed by atoms with E-state index in [9.17, 15) is 14.4 Å². The van der Waals surface area contributed by atoms with E-state index in [2.05, 4.69) is 0 Å². The molecule has 2 rings (SSSR count). The Bertz CT molecular complexity index is 368. The molecule has 0 unspecified atom stereocenters. The van der Waals surface area contributed by atoms with Crippen molar-refractivity contribution in [2.45, 2.75) is 25.3 Å². The number of rotatable bonds is 2. The summed E-state index contributed by atoms with van der Waals surface area (Å²) in [6.45, 7) is 2.13. The Balaban J connectivity index is 2.10. The van der Waals surface area contributed by atoms with E-state index < -0.39 is 11.5 Å². The van der Waals surface area contributed by atoms with Crippen LogP contribution in [0.15, 0.2) is 0 Å². The summed E-state index contributed by atoms with van der Waals surface area (Å²) < 4.78 is 0. The molecule has 2 aliphatic heterocycles. The molecule has 0 saturated carbocycles. The molecule has 0 aromatic heterocycles. The first kappa shape index (κ1) is 10.9. The van der Waals surface area contributed by atoms with Crippen LogP contribution in [0.3, 0.4) is 0 Å². The van der Waals surface area contributed by atoms with Gasteiger partial charge in [-0.05, 0) is 12.8 Å². The largest absolute Gasteiger partial charge is 0.480 e. The summed E-state index contributed by atoms with van der Waals surface area (Å²) in [6.07, 6.45) is 1.47. The maximum absolute atomic E-state index is 11.9. The van der Waals surface area contributed by atoms with Gasteiger partial charge in [-0.3, -0.25) is 14.4 Å². The highest BCUT2D eigenvalue weighted by atomic mass is 16.4. The van der Waals surface area contributed by atoms with E-state index in [1.807, 2.05) is 0 Å². The number of carbonyl (C=O) groups excluding carboxylic acids is 2. The van der Waals surface area contributed by atoms with Crippen molar-refractivity contribution >= 4 is 17.8 Å². The minimum Gasteiger partial charge on any atom is -0.480 e. The number of carboxylic acid groups (broad SMARTS) is 1. The standard InChI is InChI=1S/C10H14N2O4/c1-7(13)12-4-2-3-10(12)6-11(9(10)16)5-8(14)15/h2-6H2,1H3,(H,14,15)/t10-/m0/s1. The van der Waals surface area contributed by atoms with Gasteiger partial charge in [-0.2, -0.15) is 0 Å². The van der Waals surface area contributed by atoms with Crippen LogP contribution in [0, 0.1) is 0 Å². The summed E-state index contributed by atoms with van der Waals surface area (Å²) in [4.78, 5) is 36.6. The van der Waals surface area contributed by atoms with E-state index in [-0.39, 0.29) is 18.4 Å². The predicted octanol–water partition coefficient (Wildman–Crippen LogP) is -0.706. The van der Waals surface area contributed by atoms with E-state index in [0.29, 0.717) is 19.5 Å². The number of likely N-dealkylation sites (tertiary alicyclic amines) is 2. The first-order valence-electron chi connectivity index (χ1n) is 5.27. The summed E-state index contributed by atoms with van der Waals surface area (Å²) in [5.41, 5.74) is -0.721. The van der Waals surface area contributed by atoms with Crippen LogP contribution in [0.4, 0.5) is 0 Å². The maximum Gasteiger partial charge on any atom is 0.323 e. The molecule has 2 saturated heterocycles. The second kappa shape index (κ2) is 3.47. The van der Waals surface area contributed by atoms with Gasteiger partial charge in [-0.25, -0.2) is 0 Å². The fraction of sp³-hybridized carbons (Fsp3) is 0.700. The zero-order valence-corrected chi connectivity index (χ0v) is 9.10. The van der Waals surface area contributed by atoms with E-state index in [1.165, 1.54) is 11.8 Å². The van der Waals surface area contributed by atoms with Crippen molar-refractivity contribution in [3.05, 3.63) is 0 Å². The molecule has 0 aliphatic carbocycles. The van der Waals surface area contributed by atoms with Crippen LogP contribution < -0.4 is 0 Å². The van der Waals surface area contributed by atoms with Crippen LogP contribution in [0.1, 0.15) is 19.8 Å². The summed E-state index contributed by atoms with van der Waals surface area (Å²) >= 11 is 0. The SMILES string of the molecule is CC(=O)N1CCC[C@@]12CN(CC(=O)O)C2=O. The molecule has 88 valence electrons. The molecule has 0 aromatic carbocycles. The number of carboxylic acids is 1. The topological polar surface area (TPSA) is 77.9 Å². The molecular formula is C10H14N2O4. The lowest BCUT2D eigenvalue weighted by Gasteiger charge is -2.50. The fourth-order valence-electron chi connectivity index (χ4n) is 2.67. The van der Waals surface area contributed by atoms with E-state index in [0.717, 1.165) is 6.42 Å². The second-order valence-corrected chi connectivity index (χ2v) is 4.36. The van der Waals surface area contributed by atoms with Gasteiger partial charge in [-0.15, -0.1) is 0 Å². The van der Waals surface area contributed by atoms with Gasteiger partial charge in [0.15, 0.2) is 0 Å². The van der Waals surface area contributed by atoms with Crippen LogP contribution in [-0.4, -0.2) is 57.9 Å². The molecule has 1 atom stereocenters. The Kier molecular flexibility index (Phi) is 2.36. The zero-order chi connectivity index (χ0) is 11.9. The average Bonchev–Trinajstić information content (AvgIpc) is 2.62. The van der Waals surface area contributed by atoms with Crippen LogP contribution in [0.2, 0.25) is 0 Å². The quantitative estimate of drug-likeness (QED) is 0.631. The van der Waals surface area contributed by atoms with Crippen LogP contribution in [-0.2, 0) is 14.4 Å². The third-order valence-electron chi connectivity index (χ3n) is 3.33. The van der Waals surface area contributed by atoms with Crippen LogP contribution in [0.5, 0.6) is 0 Å². The first-order valence-corrected chi connectivity index (χ1v) is 5.27. The van der Waals surface area contributed by atoms with Crippen molar-refractivity contribution in [2.75, 3.05) is 19.6 Å². The van der Waals surface area contributed by atoms with Crippen molar-refractivity contribution in [3.8, 4) is 0 Å². The van der Waals surface area contributed by atoms with Crippen LogP contribution in [0.25, 0.3) is 0 Å². The number of hydrogen-bond donors (Lipinski definition) is 1. The third kappa shape index (κ3) is 1.36. The molecular weight excluding hydrogens is 212 g/mol. The number of amides is 2. The Morgan fingerprint density at radius 3 is 2.69 bits per heavy atom. The molecule has 0 bridgehead atoms. The molecule has 1 N–H and O–H groups in total. The second-order valence-electron chi connectivity index (χ2n) is 4.36. The lowest BCUT2D eigenvalue weighted by atomic mass is 9.85. The van der Waals surface area contributed by atoms with Crippen molar-refractivity contribution in [1.82, 2.24) is 9.80 Å². The Morgan fingerprint density at radius 2 is 2.19 bits per heavy atom. The Morgan fingerprint density at radius 1 is 1.50 bits per heavy atom. The highest BCUT2D eigenvalue weighted by Crippen LogP contribution is 2.38. The van der Waals surface area contributed by atoms with Gasteiger partial charge in [0.2, 0.25) is 5.91 Å². The van der Waals surface area contributed by atoms with Gasteiger partial charge in [0.25, 0.3) is 5.91 Å². The normalized spacial score (nSPS) is 28.4. The molecule has 2 aliphatic rings. The Hall–Kier alpha value is -1.59. The monoisotopic (exact) mass is 226 g/mol. The molecule has 0 aromatic rings. The molecule has 6 heteroatoms. The molecule has 0 radical (unpaired) electrons. The molecule has 2 heterocycles. The van der Waals surface area contributed by atoms with Gasteiger partial charge >= 0.3 is 5.97 Å². The summed E-state index contributed by atoms with van der Waals surface area (Å²) in [5, 5.41) is 8.60. The van der Waals surface area contributed by atoms with Gasteiger partial charge in [0.05, 0.1) is 6.54 Å². The number of nitrogens with zero attached hydrogens (tertiary/aromatic N) is 2. The predicted molar refractivity (Wildman–Crippen MR) is 53.6 cm³/mol. The molecule has 2 amide bonds. The van der Waals surface area contributed by atoms with Gasteiger partial charge in [0.1, 0.15) is 12.1 Å². The molecule has 2 fully saturated rings. The summed E-state index contributed by atoms with van der Waals surface area (Å²) in [5.74, 6) is -1.35. The van der Waals surface area contributed by atoms with E-state index in [4.69, 9.17) is 5.11 Å². The number of hydrogen-bond acceptors (Lipinski definition) is 3. The lowest BCUT2D eigenvalue weighted by molar-refractivity contribution is -0.170. The van der Waals surface area contributed by atoms with E-state index in [1.54, 1.807) is 4.90 Å². The van der Waals surface area contributed by atoms with Crippen molar-refractivity contribution < 1.29 is 19.5 Å². The molecule has 1 spiro atoms. The van der Waals surface area contributed by atoms with Gasteiger partial charge in [-0.1, -0.05) is 0 Å². The average molecular weight is 226 g/mol. The molecule has 6 nitrogen and oxygen atoms in total. The fourth-order valence-corrected chi connectivity index (χ4v) is 2.67. The summed E-state index contributed by atoms with van der Waals surface area (Å²) in [6, 6.07) is 0. The highest BCUT2D eigenvalue weighted by molar-refractivity contribution is 5.98. The lowest BCUT2D eigenvalue weighted by Crippen LogP contribution is -2.73. The smallest absolute Gasteiger partial charge is 0.323 e. The van der Waals surface area contributed by atoms with Crippen molar-refractivity contribution in [1.29, 1.82) is 0 Å². The minimum absolute atomic E-state index is 0.110. The van der Waals surface area contributed by atoms with Gasteiger partial charge < -0.3 is 14.9 Å². The Labute approximate surface area is 92.8 Å². The highest BCUT2D eigenvalue weighted by Gasteiger charge is 2.59. The first-order chi connectivity index (χ1) is 7.47. The maximum atomic E-state index is 11.9. The van der Waals surface area contributed by atoms with Crippen molar-refractivity contribution in [2.24, 2.45) is 0 Å². The zero-order valence-electron chi connectivity index (χ0n) is 9.10. The number of β-lactam (4-membered cyclic amide) rings is 1.